The van der Waals surface area contributed by atoms with Gasteiger partial charge in [0, 0.05) is 0 Å². The summed E-state index contributed by atoms with van der Waals surface area (Å²) in [5.74, 6) is -9.71. The van der Waals surface area contributed by atoms with Gasteiger partial charge in [-0.1, -0.05) is 5.57 Å². The Bertz CT molecular complexity index is 317. The first-order valence-corrected chi connectivity index (χ1v) is 3.80. The van der Waals surface area contributed by atoms with Crippen molar-refractivity contribution in [2.75, 3.05) is 0 Å². The molecule has 0 aromatic carbocycles. The fourth-order valence-corrected chi connectivity index (χ4v) is 1.22. The molecule has 6 heteroatoms. The number of carbonyl (C=O) groups is 2. The third-order valence-electron chi connectivity index (χ3n) is 2.07. The molecule has 4 N–H and O–H groups in total. The molecule has 0 saturated heterocycles. The van der Waals surface area contributed by atoms with Crippen LogP contribution in [0.5, 0.6) is 0 Å². The van der Waals surface area contributed by atoms with E-state index in [0.717, 1.165) is 0 Å². The molecule has 0 atom stereocenters. The number of carbonyl (C=O) groups excluding carboxylic acids is 2. The number of ketones is 2. The van der Waals surface area contributed by atoms with E-state index in [9.17, 15) is 9.59 Å². The molecule has 1 saturated carbocycles. The van der Waals surface area contributed by atoms with Gasteiger partial charge < -0.3 is 20.4 Å². The van der Waals surface area contributed by atoms with Crippen molar-refractivity contribution in [3.05, 3.63) is 11.1 Å². The number of allylic oxidation sites excluding steroid dienone is 1. The van der Waals surface area contributed by atoms with Crippen LogP contribution in [0.2, 0.25) is 0 Å². The molecular formula is C8H10O6. The summed E-state index contributed by atoms with van der Waals surface area (Å²) in [4.78, 5) is 22.4. The maximum absolute atomic E-state index is 11.2. The molecular weight excluding hydrogens is 192 g/mol. The van der Waals surface area contributed by atoms with E-state index in [1.165, 1.54) is 13.8 Å². The highest BCUT2D eigenvalue weighted by Gasteiger charge is 2.67. The highest BCUT2D eigenvalue weighted by molar-refractivity contribution is 6.32. The van der Waals surface area contributed by atoms with Crippen LogP contribution in [0.1, 0.15) is 13.8 Å². The van der Waals surface area contributed by atoms with Crippen LogP contribution in [0.3, 0.4) is 0 Å². The molecule has 0 spiro atoms. The van der Waals surface area contributed by atoms with Gasteiger partial charge in [0.1, 0.15) is 0 Å². The third kappa shape index (κ3) is 1.05. The van der Waals surface area contributed by atoms with Gasteiger partial charge in [-0.2, -0.15) is 0 Å². The zero-order valence-electron chi connectivity index (χ0n) is 7.61. The standard InChI is InChI=1S/C8H10O6/c1-3(2)4-5(9)7(11,12)8(13,14)6(4)10/h11-14H,1-2H3. The Morgan fingerprint density at radius 1 is 0.929 bits per heavy atom. The predicted molar refractivity (Wildman–Crippen MR) is 42.7 cm³/mol. The van der Waals surface area contributed by atoms with Crippen LogP contribution in [0, 0.1) is 0 Å². The first-order valence-electron chi connectivity index (χ1n) is 3.80. The van der Waals surface area contributed by atoms with E-state index in [2.05, 4.69) is 0 Å². The van der Waals surface area contributed by atoms with Crippen LogP contribution >= 0.6 is 0 Å². The lowest BCUT2D eigenvalue weighted by atomic mass is 10.1. The molecule has 6 nitrogen and oxygen atoms in total. The lowest BCUT2D eigenvalue weighted by Crippen LogP contribution is -2.56. The summed E-state index contributed by atoms with van der Waals surface area (Å²) in [7, 11) is 0. The van der Waals surface area contributed by atoms with Gasteiger partial charge in [-0.15, -0.1) is 0 Å². The van der Waals surface area contributed by atoms with Crippen molar-refractivity contribution in [2.45, 2.75) is 25.4 Å². The summed E-state index contributed by atoms with van der Waals surface area (Å²) >= 11 is 0. The van der Waals surface area contributed by atoms with Gasteiger partial charge in [0.25, 0.3) is 11.6 Å². The zero-order chi connectivity index (χ0) is 11.3. The topological polar surface area (TPSA) is 115 Å². The number of Topliss-reactive ketones (excluding diaryl/α,β-unsaturated/α-hetero) is 2. The van der Waals surface area contributed by atoms with Crippen molar-refractivity contribution in [1.82, 2.24) is 0 Å². The molecule has 0 radical (unpaired) electrons. The molecule has 14 heavy (non-hydrogen) atoms. The van der Waals surface area contributed by atoms with Crippen molar-refractivity contribution in [3.8, 4) is 0 Å². The van der Waals surface area contributed by atoms with Gasteiger partial charge >= 0.3 is 0 Å². The van der Waals surface area contributed by atoms with Crippen LogP contribution in [0.15, 0.2) is 11.1 Å². The van der Waals surface area contributed by atoms with Gasteiger partial charge in [0.2, 0.25) is 11.6 Å². The minimum absolute atomic E-state index is 0.192. The van der Waals surface area contributed by atoms with Crippen molar-refractivity contribution in [2.24, 2.45) is 0 Å². The van der Waals surface area contributed by atoms with Gasteiger partial charge in [-0.25, -0.2) is 0 Å². The second-order valence-electron chi connectivity index (χ2n) is 3.38. The van der Waals surface area contributed by atoms with Crippen LogP contribution in [-0.4, -0.2) is 43.6 Å². The largest absolute Gasteiger partial charge is 0.355 e. The average Bonchev–Trinajstić information content (AvgIpc) is 2.12. The average molecular weight is 202 g/mol. The van der Waals surface area contributed by atoms with Crippen molar-refractivity contribution in [1.29, 1.82) is 0 Å². The van der Waals surface area contributed by atoms with E-state index in [0.29, 0.717) is 0 Å². The fraction of sp³-hybridized carbons (Fsp3) is 0.500. The third-order valence-corrected chi connectivity index (χ3v) is 2.07. The minimum atomic E-state index is -3.46. The van der Waals surface area contributed by atoms with Crippen LogP contribution in [-0.2, 0) is 9.59 Å². The molecule has 0 aromatic heterocycles. The molecule has 1 aliphatic rings. The smallest absolute Gasteiger partial charge is 0.293 e. The van der Waals surface area contributed by atoms with Crippen LogP contribution in [0.25, 0.3) is 0 Å². The SMILES string of the molecule is CC(C)=C1C(=O)C(O)(O)C(O)(O)C1=O. The Kier molecular flexibility index (Phi) is 2.13. The summed E-state index contributed by atoms with van der Waals surface area (Å²) in [5.41, 5.74) is -0.391. The van der Waals surface area contributed by atoms with Crippen molar-refractivity contribution in [3.63, 3.8) is 0 Å². The second kappa shape index (κ2) is 2.71. The van der Waals surface area contributed by atoms with E-state index in [-0.39, 0.29) is 5.57 Å². The number of hydrogen-bond donors (Lipinski definition) is 4. The molecule has 0 amide bonds. The minimum Gasteiger partial charge on any atom is -0.355 e. The maximum Gasteiger partial charge on any atom is 0.293 e. The molecule has 0 bridgehead atoms. The summed E-state index contributed by atoms with van der Waals surface area (Å²) in [6, 6.07) is 0. The van der Waals surface area contributed by atoms with Gasteiger partial charge in [-0.3, -0.25) is 9.59 Å². The molecule has 1 fully saturated rings. The highest BCUT2D eigenvalue weighted by Crippen LogP contribution is 2.34. The molecule has 0 aliphatic heterocycles. The Morgan fingerprint density at radius 3 is 1.36 bits per heavy atom. The first kappa shape index (κ1) is 11.0. The van der Waals surface area contributed by atoms with E-state index in [1.807, 2.05) is 0 Å². The van der Waals surface area contributed by atoms with Crippen molar-refractivity contribution < 1.29 is 30.0 Å². The molecule has 0 aromatic rings. The maximum atomic E-state index is 11.2. The summed E-state index contributed by atoms with van der Waals surface area (Å²) in [6.45, 7) is 2.76. The van der Waals surface area contributed by atoms with E-state index < -0.39 is 28.7 Å². The highest BCUT2D eigenvalue weighted by atomic mass is 16.6. The lowest BCUT2D eigenvalue weighted by Gasteiger charge is -2.23. The molecule has 1 aliphatic carbocycles. The molecule has 1 rings (SSSR count). The Hall–Kier alpha value is -1.08. The normalized spacial score (nSPS) is 24.3. The molecule has 0 unspecified atom stereocenters. The fourth-order valence-electron chi connectivity index (χ4n) is 1.22. The van der Waals surface area contributed by atoms with Gasteiger partial charge in [-0.05, 0) is 13.8 Å². The number of rotatable bonds is 0. The predicted octanol–water partition coefficient (Wildman–Crippen LogP) is -2.16. The Balaban J connectivity index is 3.46. The lowest BCUT2D eigenvalue weighted by molar-refractivity contribution is -0.307. The van der Waals surface area contributed by atoms with Gasteiger partial charge in [0.05, 0.1) is 5.57 Å². The summed E-state index contributed by atoms with van der Waals surface area (Å²) in [6.07, 6.45) is 0. The first-order chi connectivity index (χ1) is 6.14. The van der Waals surface area contributed by atoms with Gasteiger partial charge in [0.15, 0.2) is 0 Å². The Morgan fingerprint density at radius 2 is 1.21 bits per heavy atom. The van der Waals surface area contributed by atoms with E-state index in [4.69, 9.17) is 20.4 Å². The summed E-state index contributed by atoms with van der Waals surface area (Å²) in [5, 5.41) is 36.1. The second-order valence-corrected chi connectivity index (χ2v) is 3.38. The number of aliphatic hydroxyl groups is 4. The molecule has 0 heterocycles. The molecule has 78 valence electrons. The van der Waals surface area contributed by atoms with E-state index in [1.54, 1.807) is 0 Å². The number of hydrogen-bond acceptors (Lipinski definition) is 6. The summed E-state index contributed by atoms with van der Waals surface area (Å²) < 4.78 is 0. The van der Waals surface area contributed by atoms with Crippen molar-refractivity contribution >= 4 is 11.6 Å². The van der Waals surface area contributed by atoms with E-state index >= 15 is 0 Å². The Labute approximate surface area is 79.1 Å². The monoisotopic (exact) mass is 202 g/mol. The zero-order valence-corrected chi connectivity index (χ0v) is 7.61. The van der Waals surface area contributed by atoms with Crippen LogP contribution in [0.4, 0.5) is 0 Å². The van der Waals surface area contributed by atoms with Crippen LogP contribution < -0.4 is 0 Å². The quantitative estimate of drug-likeness (QED) is 0.202.